The Labute approximate surface area is 77.7 Å². The van der Waals surface area contributed by atoms with Crippen molar-refractivity contribution in [3.63, 3.8) is 0 Å². The Morgan fingerprint density at radius 3 is 2.85 bits per heavy atom. The third-order valence-electron chi connectivity index (χ3n) is 1.92. The summed E-state index contributed by atoms with van der Waals surface area (Å²) < 4.78 is 4.75. The predicted molar refractivity (Wildman–Crippen MR) is 46.9 cm³/mol. The predicted octanol–water partition coefficient (Wildman–Crippen LogP) is -0.710. The van der Waals surface area contributed by atoms with Crippen LogP contribution in [0.15, 0.2) is 0 Å². The van der Waals surface area contributed by atoms with Crippen molar-refractivity contribution in [1.82, 2.24) is 10.8 Å². The van der Waals surface area contributed by atoms with Gasteiger partial charge < -0.3 is 10.1 Å². The topological polar surface area (TPSA) is 59.6 Å². The highest BCUT2D eigenvalue weighted by Crippen LogP contribution is 2.07. The molecule has 1 amide bonds. The van der Waals surface area contributed by atoms with Crippen LogP contribution in [-0.2, 0) is 14.4 Å². The van der Waals surface area contributed by atoms with Gasteiger partial charge in [0.2, 0.25) is 5.91 Å². The van der Waals surface area contributed by atoms with E-state index in [1.807, 2.05) is 0 Å². The van der Waals surface area contributed by atoms with Gasteiger partial charge in [-0.1, -0.05) is 0 Å². The van der Waals surface area contributed by atoms with Crippen molar-refractivity contribution < 1.29 is 14.4 Å². The SMILES string of the molecule is COCCONC(=O)CC1CNC1. The molecular weight excluding hydrogens is 172 g/mol. The fourth-order valence-electron chi connectivity index (χ4n) is 1.05. The molecule has 0 spiro atoms. The van der Waals surface area contributed by atoms with E-state index in [-0.39, 0.29) is 5.91 Å². The number of carbonyl (C=O) groups is 1. The second kappa shape index (κ2) is 5.90. The Bertz CT molecular complexity index is 159. The minimum absolute atomic E-state index is 0.0531. The molecule has 1 aliphatic heterocycles. The summed E-state index contributed by atoms with van der Waals surface area (Å²) in [5, 5.41) is 3.10. The molecule has 1 rings (SSSR count). The molecule has 0 aromatic heterocycles. The van der Waals surface area contributed by atoms with Crippen molar-refractivity contribution in [2.45, 2.75) is 6.42 Å². The van der Waals surface area contributed by atoms with E-state index in [9.17, 15) is 4.79 Å². The van der Waals surface area contributed by atoms with Crippen LogP contribution in [0.25, 0.3) is 0 Å². The molecule has 1 heterocycles. The molecule has 5 heteroatoms. The Kier molecular flexibility index (Phi) is 4.74. The van der Waals surface area contributed by atoms with Gasteiger partial charge in [-0.2, -0.15) is 0 Å². The number of rotatable bonds is 6. The molecule has 0 saturated carbocycles. The average molecular weight is 188 g/mol. The van der Waals surface area contributed by atoms with Gasteiger partial charge in [0.25, 0.3) is 0 Å². The lowest BCUT2D eigenvalue weighted by atomic mass is 9.99. The van der Waals surface area contributed by atoms with Crippen molar-refractivity contribution in [3.05, 3.63) is 0 Å². The van der Waals surface area contributed by atoms with Crippen LogP contribution < -0.4 is 10.8 Å². The van der Waals surface area contributed by atoms with Crippen molar-refractivity contribution in [2.24, 2.45) is 5.92 Å². The summed E-state index contributed by atoms with van der Waals surface area (Å²) in [6, 6.07) is 0. The number of hydroxylamine groups is 1. The number of nitrogens with one attached hydrogen (secondary N) is 2. The summed E-state index contributed by atoms with van der Waals surface area (Å²) in [5.74, 6) is 0.425. The zero-order chi connectivity index (χ0) is 9.52. The maximum Gasteiger partial charge on any atom is 0.243 e. The second-order valence-electron chi connectivity index (χ2n) is 3.09. The van der Waals surface area contributed by atoms with Gasteiger partial charge in [0.15, 0.2) is 0 Å². The molecule has 13 heavy (non-hydrogen) atoms. The highest BCUT2D eigenvalue weighted by Gasteiger charge is 2.19. The van der Waals surface area contributed by atoms with Gasteiger partial charge in [-0.25, -0.2) is 5.48 Å². The summed E-state index contributed by atoms with van der Waals surface area (Å²) in [6.07, 6.45) is 0.542. The Morgan fingerprint density at radius 2 is 2.31 bits per heavy atom. The van der Waals surface area contributed by atoms with Crippen LogP contribution in [0.1, 0.15) is 6.42 Å². The first-order chi connectivity index (χ1) is 6.33. The number of hydrogen-bond acceptors (Lipinski definition) is 4. The highest BCUT2D eigenvalue weighted by molar-refractivity contribution is 5.75. The standard InChI is InChI=1S/C8H16N2O3/c1-12-2-3-13-10-8(11)4-7-5-9-6-7/h7,9H,2-6H2,1H3,(H,10,11). The molecule has 2 N–H and O–H groups in total. The normalized spacial score (nSPS) is 16.7. The van der Waals surface area contributed by atoms with E-state index in [1.54, 1.807) is 7.11 Å². The molecule has 0 aromatic carbocycles. The van der Waals surface area contributed by atoms with E-state index in [2.05, 4.69) is 10.8 Å². The van der Waals surface area contributed by atoms with E-state index >= 15 is 0 Å². The fraction of sp³-hybridized carbons (Fsp3) is 0.875. The van der Waals surface area contributed by atoms with Gasteiger partial charge in [-0.05, 0) is 19.0 Å². The van der Waals surface area contributed by atoms with Crippen LogP contribution in [0.4, 0.5) is 0 Å². The third-order valence-corrected chi connectivity index (χ3v) is 1.92. The summed E-state index contributed by atoms with van der Waals surface area (Å²) in [6.45, 7) is 2.76. The number of carbonyl (C=O) groups excluding carboxylic acids is 1. The smallest absolute Gasteiger partial charge is 0.243 e. The van der Waals surface area contributed by atoms with Crippen LogP contribution in [0.5, 0.6) is 0 Å². The average Bonchev–Trinajstić information content (AvgIpc) is 2.06. The lowest BCUT2D eigenvalue weighted by Gasteiger charge is -2.26. The lowest BCUT2D eigenvalue weighted by Crippen LogP contribution is -2.44. The van der Waals surface area contributed by atoms with Gasteiger partial charge in [0.05, 0.1) is 13.2 Å². The largest absolute Gasteiger partial charge is 0.382 e. The van der Waals surface area contributed by atoms with Crippen molar-refractivity contribution in [2.75, 3.05) is 33.4 Å². The zero-order valence-corrected chi connectivity index (χ0v) is 7.84. The highest BCUT2D eigenvalue weighted by atomic mass is 16.7. The van der Waals surface area contributed by atoms with E-state index in [1.165, 1.54) is 0 Å². The first-order valence-corrected chi connectivity index (χ1v) is 4.43. The van der Waals surface area contributed by atoms with Crippen LogP contribution in [-0.4, -0.2) is 39.3 Å². The minimum atomic E-state index is -0.0531. The maximum absolute atomic E-state index is 11.1. The molecule has 1 aliphatic rings. The number of hydrogen-bond donors (Lipinski definition) is 2. The van der Waals surface area contributed by atoms with Gasteiger partial charge in [-0.15, -0.1) is 0 Å². The number of amides is 1. The van der Waals surface area contributed by atoms with Gasteiger partial charge in [-0.3, -0.25) is 9.63 Å². The third kappa shape index (κ3) is 4.21. The zero-order valence-electron chi connectivity index (χ0n) is 7.84. The summed E-state index contributed by atoms with van der Waals surface area (Å²) >= 11 is 0. The Hall–Kier alpha value is -0.650. The number of methoxy groups -OCH3 is 1. The van der Waals surface area contributed by atoms with Crippen LogP contribution in [0.2, 0.25) is 0 Å². The maximum atomic E-state index is 11.1. The van der Waals surface area contributed by atoms with Crippen LogP contribution >= 0.6 is 0 Å². The molecule has 0 unspecified atom stereocenters. The van der Waals surface area contributed by atoms with E-state index in [0.29, 0.717) is 25.6 Å². The summed E-state index contributed by atoms with van der Waals surface area (Å²) in [4.78, 5) is 16.0. The first kappa shape index (κ1) is 10.4. The first-order valence-electron chi connectivity index (χ1n) is 4.43. The molecule has 0 bridgehead atoms. The van der Waals surface area contributed by atoms with E-state index in [4.69, 9.17) is 9.57 Å². The Morgan fingerprint density at radius 1 is 1.54 bits per heavy atom. The van der Waals surface area contributed by atoms with Gasteiger partial charge in [0, 0.05) is 13.5 Å². The monoisotopic (exact) mass is 188 g/mol. The quantitative estimate of drug-likeness (QED) is 0.427. The molecule has 0 atom stereocenters. The number of ether oxygens (including phenoxy) is 1. The van der Waals surface area contributed by atoms with Gasteiger partial charge >= 0.3 is 0 Å². The van der Waals surface area contributed by atoms with Crippen molar-refractivity contribution in [1.29, 1.82) is 0 Å². The molecule has 5 nitrogen and oxygen atoms in total. The molecule has 76 valence electrons. The van der Waals surface area contributed by atoms with E-state index < -0.39 is 0 Å². The molecular formula is C8H16N2O3. The van der Waals surface area contributed by atoms with E-state index in [0.717, 1.165) is 13.1 Å². The van der Waals surface area contributed by atoms with Gasteiger partial charge in [0.1, 0.15) is 0 Å². The molecule has 0 aromatic rings. The fourth-order valence-corrected chi connectivity index (χ4v) is 1.05. The van der Waals surface area contributed by atoms with Crippen LogP contribution in [0, 0.1) is 5.92 Å². The summed E-state index contributed by atoms with van der Waals surface area (Å²) in [5.41, 5.74) is 2.37. The lowest BCUT2D eigenvalue weighted by molar-refractivity contribution is -0.135. The molecule has 1 saturated heterocycles. The Balaban J connectivity index is 1.91. The molecule has 1 fully saturated rings. The molecule has 0 aliphatic carbocycles. The van der Waals surface area contributed by atoms with Crippen LogP contribution in [0.3, 0.4) is 0 Å². The minimum Gasteiger partial charge on any atom is -0.382 e. The summed E-state index contributed by atoms with van der Waals surface area (Å²) in [7, 11) is 1.59. The molecule has 0 radical (unpaired) electrons. The van der Waals surface area contributed by atoms with Crippen molar-refractivity contribution in [3.8, 4) is 0 Å². The van der Waals surface area contributed by atoms with Crippen molar-refractivity contribution >= 4 is 5.91 Å². The second-order valence-corrected chi connectivity index (χ2v) is 3.09.